The van der Waals surface area contributed by atoms with Crippen LogP contribution in [0.15, 0.2) is 24.3 Å². The van der Waals surface area contributed by atoms with Gasteiger partial charge in [0.2, 0.25) is 0 Å². The third-order valence-corrected chi connectivity index (χ3v) is 5.83. The van der Waals surface area contributed by atoms with Crippen molar-refractivity contribution in [2.45, 2.75) is 72.0 Å². The smallest absolute Gasteiger partial charge is 0.140 e. The van der Waals surface area contributed by atoms with Crippen LogP contribution in [0, 0.1) is 5.41 Å². The first kappa shape index (κ1) is 20.8. The topological polar surface area (TPSA) is 43.4 Å². The minimum absolute atomic E-state index is 0.125. The highest BCUT2D eigenvalue weighted by Crippen LogP contribution is 2.29. The van der Waals surface area contributed by atoms with E-state index in [1.807, 2.05) is 20.8 Å². The first-order chi connectivity index (χ1) is 11.1. The molecule has 0 saturated carbocycles. The van der Waals surface area contributed by atoms with E-state index in [1.54, 1.807) is 0 Å². The lowest BCUT2D eigenvalue weighted by Gasteiger charge is -2.31. The summed E-state index contributed by atoms with van der Waals surface area (Å²) >= 11 is 0. The molecule has 0 heterocycles. The van der Waals surface area contributed by atoms with Gasteiger partial charge in [0.15, 0.2) is 0 Å². The highest BCUT2D eigenvalue weighted by molar-refractivity contribution is 6.75. The summed E-state index contributed by atoms with van der Waals surface area (Å²) in [5.74, 6) is 0.125. The van der Waals surface area contributed by atoms with Gasteiger partial charge in [-0.2, -0.15) is 0 Å². The third-order valence-electron chi connectivity index (χ3n) is 4.36. The Balaban J connectivity index is 2.74. The lowest BCUT2D eigenvalue weighted by molar-refractivity contribution is -0.138. The molecular weight excluding hydrogens is 316 g/mol. The summed E-state index contributed by atoms with van der Waals surface area (Å²) < 4.78 is 5.95. The quantitative estimate of drug-likeness (QED) is 0.459. The minimum atomic E-state index is -1.11. The number of hydrogen-bond acceptors (Lipinski definition) is 3. The van der Waals surface area contributed by atoms with Gasteiger partial charge < -0.3 is 9.53 Å². The monoisotopic (exact) mass is 348 g/mol. The zero-order valence-electron chi connectivity index (χ0n) is 16.0. The molecule has 4 heteroatoms. The number of Topliss-reactive ketones (excluding diaryl/α,β-unsaturated/α-hetero) is 1. The van der Waals surface area contributed by atoms with Crippen molar-refractivity contribution >= 4 is 20.1 Å². The van der Waals surface area contributed by atoms with Crippen LogP contribution < -0.4 is 0 Å². The maximum absolute atomic E-state index is 12.1. The van der Waals surface area contributed by atoms with Crippen molar-refractivity contribution in [2.24, 2.45) is 5.41 Å². The van der Waals surface area contributed by atoms with Crippen molar-refractivity contribution < 1.29 is 14.3 Å². The van der Waals surface area contributed by atoms with Crippen LogP contribution in [0.5, 0.6) is 0 Å². The summed E-state index contributed by atoms with van der Waals surface area (Å²) in [5, 5.41) is 0. The van der Waals surface area contributed by atoms with Crippen LogP contribution in [0.25, 0.3) is 0 Å². The zero-order valence-corrected chi connectivity index (χ0v) is 17.0. The lowest BCUT2D eigenvalue weighted by Crippen LogP contribution is -2.39. The second kappa shape index (κ2) is 8.72. The van der Waals surface area contributed by atoms with Gasteiger partial charge >= 0.3 is 0 Å². The molecule has 134 valence electrons. The Bertz CT molecular complexity index is 541. The average molecular weight is 349 g/mol. The Morgan fingerprint density at radius 2 is 1.71 bits per heavy atom. The van der Waals surface area contributed by atoms with Crippen molar-refractivity contribution in [1.82, 2.24) is 0 Å². The van der Waals surface area contributed by atoms with Gasteiger partial charge in [0.05, 0.1) is 12.7 Å². The van der Waals surface area contributed by atoms with E-state index in [0.717, 1.165) is 11.8 Å². The van der Waals surface area contributed by atoms with Crippen molar-refractivity contribution in [3.8, 4) is 0 Å². The Kier molecular flexibility index (Phi) is 7.55. The summed E-state index contributed by atoms with van der Waals surface area (Å²) in [6, 6.07) is 9.66. The summed E-state index contributed by atoms with van der Waals surface area (Å²) in [7, 11) is -1.11. The number of ketones is 1. The maximum Gasteiger partial charge on any atom is 0.140 e. The predicted molar refractivity (Wildman–Crippen MR) is 102 cm³/mol. The Labute approximate surface area is 147 Å². The highest BCUT2D eigenvalue weighted by Gasteiger charge is 2.36. The molecular formula is C20H32O3Si. The number of carbonyl (C=O) groups is 2. The summed E-state index contributed by atoms with van der Waals surface area (Å²) in [5.41, 5.74) is 1.79. The number of benzene rings is 1. The number of aldehydes is 1. The first-order valence-corrected chi connectivity index (χ1v) is 12.5. The fourth-order valence-corrected chi connectivity index (χ4v) is 4.32. The molecule has 1 aromatic rings. The van der Waals surface area contributed by atoms with Gasteiger partial charge in [-0.25, -0.2) is 0 Å². The molecule has 0 radical (unpaired) electrons. The van der Waals surface area contributed by atoms with Gasteiger partial charge in [-0.3, -0.25) is 4.79 Å². The van der Waals surface area contributed by atoms with E-state index < -0.39 is 13.5 Å². The molecule has 1 unspecified atom stereocenters. The second-order valence-corrected chi connectivity index (χ2v) is 13.7. The van der Waals surface area contributed by atoms with Gasteiger partial charge in [-0.05, 0) is 11.6 Å². The Hall–Kier alpha value is -1.26. The van der Waals surface area contributed by atoms with Crippen molar-refractivity contribution in [2.75, 3.05) is 0 Å². The number of carbonyl (C=O) groups excluding carboxylic acids is 2. The van der Waals surface area contributed by atoms with E-state index in [9.17, 15) is 9.59 Å². The summed E-state index contributed by atoms with van der Waals surface area (Å²) in [6.45, 7) is 13.1. The summed E-state index contributed by atoms with van der Waals surface area (Å²) in [4.78, 5) is 23.1. The first-order valence-electron chi connectivity index (χ1n) is 8.76. The number of ether oxygens (including phenoxy) is 1. The van der Waals surface area contributed by atoms with Crippen molar-refractivity contribution in [1.29, 1.82) is 0 Å². The number of hydrogen-bond donors (Lipinski definition) is 0. The van der Waals surface area contributed by atoms with E-state index in [4.69, 9.17) is 4.74 Å². The fourth-order valence-electron chi connectivity index (χ4n) is 2.86. The molecule has 0 saturated heterocycles. The average Bonchev–Trinajstić information content (AvgIpc) is 2.50. The molecule has 1 aromatic carbocycles. The van der Waals surface area contributed by atoms with Gasteiger partial charge in [-0.1, -0.05) is 70.2 Å². The predicted octanol–water partition coefficient (Wildman–Crippen LogP) is 4.59. The molecule has 0 fully saturated rings. The van der Waals surface area contributed by atoms with Crippen LogP contribution in [0.1, 0.15) is 44.7 Å². The molecule has 0 aliphatic heterocycles. The molecule has 0 bridgehead atoms. The maximum atomic E-state index is 12.1. The molecule has 1 atom stereocenters. The largest absolute Gasteiger partial charge is 0.372 e. The van der Waals surface area contributed by atoms with E-state index >= 15 is 0 Å². The van der Waals surface area contributed by atoms with Gasteiger partial charge in [0.1, 0.15) is 12.1 Å². The van der Waals surface area contributed by atoms with E-state index in [0.29, 0.717) is 13.0 Å². The van der Waals surface area contributed by atoms with Crippen LogP contribution >= 0.6 is 0 Å². The highest BCUT2D eigenvalue weighted by atomic mass is 28.3. The summed E-state index contributed by atoms with van der Waals surface area (Å²) in [6.07, 6.45) is 1.15. The Morgan fingerprint density at radius 1 is 1.17 bits per heavy atom. The molecule has 24 heavy (non-hydrogen) atoms. The fraction of sp³-hybridized carbons (Fsp3) is 0.600. The molecule has 0 aliphatic carbocycles. The minimum Gasteiger partial charge on any atom is -0.372 e. The molecule has 3 nitrogen and oxygen atoms in total. The Morgan fingerprint density at radius 3 is 2.17 bits per heavy atom. The van der Waals surface area contributed by atoms with Crippen molar-refractivity contribution in [3.05, 3.63) is 35.4 Å². The van der Waals surface area contributed by atoms with Gasteiger partial charge in [0, 0.05) is 26.3 Å². The standard InChI is InChI=1S/C20H32O3Si/c1-7-18(22)20(2,3)19(12-13-21)23-14-16-8-10-17(11-9-16)15-24(4,5)6/h8-11,13,19H,7,12,14-15H2,1-6H3. The normalized spacial score (nSPS) is 13.6. The van der Waals surface area contributed by atoms with Crippen LogP contribution in [-0.4, -0.2) is 26.2 Å². The van der Waals surface area contributed by atoms with E-state index in [2.05, 4.69) is 43.9 Å². The number of rotatable bonds is 10. The molecule has 0 aliphatic rings. The lowest BCUT2D eigenvalue weighted by atomic mass is 9.79. The SMILES string of the molecule is CCC(=O)C(C)(C)C(CC=O)OCc1ccc(C[Si](C)(C)C)cc1. The molecule has 1 rings (SSSR count). The van der Waals surface area contributed by atoms with Crippen LogP contribution in [0.3, 0.4) is 0 Å². The van der Waals surface area contributed by atoms with Crippen LogP contribution in [0.4, 0.5) is 0 Å². The molecule has 0 spiro atoms. The molecule has 0 aromatic heterocycles. The second-order valence-electron chi connectivity index (χ2n) is 8.25. The van der Waals surface area contributed by atoms with Crippen LogP contribution in [0.2, 0.25) is 19.6 Å². The zero-order chi connectivity index (χ0) is 18.4. The van der Waals surface area contributed by atoms with Gasteiger partial charge in [-0.15, -0.1) is 0 Å². The van der Waals surface area contributed by atoms with E-state index in [-0.39, 0.29) is 18.3 Å². The molecule has 0 amide bonds. The molecule has 0 N–H and O–H groups in total. The van der Waals surface area contributed by atoms with Gasteiger partial charge in [0.25, 0.3) is 0 Å². The van der Waals surface area contributed by atoms with E-state index in [1.165, 1.54) is 11.6 Å². The van der Waals surface area contributed by atoms with Crippen LogP contribution in [-0.2, 0) is 27.0 Å². The van der Waals surface area contributed by atoms with Crippen molar-refractivity contribution in [3.63, 3.8) is 0 Å². The third kappa shape index (κ3) is 6.33.